The molecule has 1 aromatic rings. The molecule has 1 aliphatic rings. The summed E-state index contributed by atoms with van der Waals surface area (Å²) in [6.07, 6.45) is 2.91. The van der Waals surface area contributed by atoms with Crippen molar-refractivity contribution in [3.63, 3.8) is 0 Å². The molecule has 7 nitrogen and oxygen atoms in total. The van der Waals surface area contributed by atoms with Gasteiger partial charge in [0.25, 0.3) is 0 Å². The molecule has 0 atom stereocenters. The van der Waals surface area contributed by atoms with Crippen LogP contribution in [0, 0.1) is 11.3 Å². The Labute approximate surface area is 98.2 Å². The number of carbonyl (C=O) groups is 1. The molecule has 90 valence electrons. The highest BCUT2D eigenvalue weighted by Crippen LogP contribution is 2.20. The van der Waals surface area contributed by atoms with Crippen LogP contribution in [0.4, 0.5) is 0 Å². The van der Waals surface area contributed by atoms with Crippen LogP contribution in [0.5, 0.6) is 0 Å². The standard InChI is InChI=1S/C10H13N5O2/c11-3-1-2-4-14-5-8(6-14)15-7-9(10(16)17)12-13-15/h7-8H,1-2,4-6H2,(H,16,17). The Balaban J connectivity index is 1.79. The van der Waals surface area contributed by atoms with Crippen LogP contribution in [0.25, 0.3) is 0 Å². The Bertz CT molecular complexity index is 444. The molecular weight excluding hydrogens is 222 g/mol. The van der Waals surface area contributed by atoms with E-state index in [9.17, 15) is 4.79 Å². The molecule has 2 heterocycles. The lowest BCUT2D eigenvalue weighted by molar-refractivity contribution is 0.0690. The zero-order valence-electron chi connectivity index (χ0n) is 9.28. The maximum atomic E-state index is 10.6. The van der Waals surface area contributed by atoms with Gasteiger partial charge in [-0.3, -0.25) is 4.90 Å². The van der Waals surface area contributed by atoms with Crippen LogP contribution in [-0.4, -0.2) is 50.6 Å². The summed E-state index contributed by atoms with van der Waals surface area (Å²) in [6.45, 7) is 2.59. The van der Waals surface area contributed by atoms with E-state index < -0.39 is 5.97 Å². The number of rotatable bonds is 5. The summed E-state index contributed by atoms with van der Waals surface area (Å²) in [6, 6.07) is 2.32. The quantitative estimate of drug-likeness (QED) is 0.729. The second-order valence-corrected chi connectivity index (χ2v) is 4.06. The minimum Gasteiger partial charge on any atom is -0.476 e. The van der Waals surface area contributed by atoms with Gasteiger partial charge in [0.2, 0.25) is 0 Å². The number of aromatic carboxylic acids is 1. The van der Waals surface area contributed by atoms with E-state index in [1.807, 2.05) is 0 Å². The van der Waals surface area contributed by atoms with Gasteiger partial charge in [0.15, 0.2) is 5.69 Å². The van der Waals surface area contributed by atoms with E-state index in [0.29, 0.717) is 6.42 Å². The molecule has 0 amide bonds. The molecule has 0 spiro atoms. The number of likely N-dealkylation sites (tertiary alicyclic amines) is 1. The van der Waals surface area contributed by atoms with Gasteiger partial charge >= 0.3 is 5.97 Å². The first-order valence-electron chi connectivity index (χ1n) is 5.45. The second kappa shape index (κ2) is 4.93. The molecule has 0 saturated carbocycles. The fraction of sp³-hybridized carbons (Fsp3) is 0.600. The van der Waals surface area contributed by atoms with Crippen molar-refractivity contribution in [1.29, 1.82) is 5.26 Å². The van der Waals surface area contributed by atoms with Crippen LogP contribution in [0.1, 0.15) is 29.4 Å². The summed E-state index contributed by atoms with van der Waals surface area (Å²) in [4.78, 5) is 12.8. The van der Waals surface area contributed by atoms with Crippen LogP contribution < -0.4 is 0 Å². The maximum absolute atomic E-state index is 10.6. The molecule has 0 bridgehead atoms. The first-order chi connectivity index (χ1) is 8.20. The highest BCUT2D eigenvalue weighted by atomic mass is 16.4. The van der Waals surface area contributed by atoms with Gasteiger partial charge in [-0.15, -0.1) is 5.10 Å². The predicted octanol–water partition coefficient (Wildman–Crippen LogP) is 0.137. The molecule has 1 saturated heterocycles. The summed E-state index contributed by atoms with van der Waals surface area (Å²) in [5.74, 6) is -1.05. The van der Waals surface area contributed by atoms with Gasteiger partial charge in [-0.25, -0.2) is 9.48 Å². The summed E-state index contributed by atoms with van der Waals surface area (Å²) in [5.41, 5.74) is -0.0204. The van der Waals surface area contributed by atoms with Crippen molar-refractivity contribution in [2.45, 2.75) is 18.9 Å². The highest BCUT2D eigenvalue weighted by molar-refractivity contribution is 5.84. The molecule has 0 unspecified atom stereocenters. The van der Waals surface area contributed by atoms with Crippen LogP contribution in [0.15, 0.2) is 6.20 Å². The van der Waals surface area contributed by atoms with E-state index >= 15 is 0 Å². The minimum absolute atomic E-state index is 0.0204. The van der Waals surface area contributed by atoms with Crippen molar-refractivity contribution < 1.29 is 9.90 Å². The van der Waals surface area contributed by atoms with Gasteiger partial charge in [-0.05, 0) is 13.0 Å². The van der Waals surface area contributed by atoms with Gasteiger partial charge in [0.1, 0.15) is 0 Å². The third-order valence-corrected chi connectivity index (χ3v) is 2.80. The van der Waals surface area contributed by atoms with Crippen LogP contribution >= 0.6 is 0 Å². The fourth-order valence-electron chi connectivity index (χ4n) is 1.83. The minimum atomic E-state index is -1.05. The van der Waals surface area contributed by atoms with Crippen molar-refractivity contribution in [2.24, 2.45) is 0 Å². The molecule has 1 aromatic heterocycles. The van der Waals surface area contributed by atoms with E-state index in [1.54, 1.807) is 4.68 Å². The molecular formula is C10H13N5O2. The summed E-state index contributed by atoms with van der Waals surface area (Å²) in [5, 5.41) is 24.5. The van der Waals surface area contributed by atoms with Crippen molar-refractivity contribution in [3.05, 3.63) is 11.9 Å². The smallest absolute Gasteiger partial charge is 0.358 e. The lowest BCUT2D eigenvalue weighted by Gasteiger charge is -2.38. The lowest BCUT2D eigenvalue weighted by Crippen LogP contribution is -2.48. The van der Waals surface area contributed by atoms with Crippen LogP contribution in [0.3, 0.4) is 0 Å². The highest BCUT2D eigenvalue weighted by Gasteiger charge is 2.28. The van der Waals surface area contributed by atoms with Crippen LogP contribution in [0.2, 0.25) is 0 Å². The Morgan fingerprint density at radius 1 is 1.65 bits per heavy atom. The molecule has 7 heteroatoms. The number of unbranched alkanes of at least 4 members (excludes halogenated alkanes) is 1. The number of carboxylic acid groups (broad SMARTS) is 1. The molecule has 0 aliphatic carbocycles. The summed E-state index contributed by atoms with van der Waals surface area (Å²) >= 11 is 0. The Morgan fingerprint density at radius 3 is 3.00 bits per heavy atom. The molecule has 1 fully saturated rings. The van der Waals surface area contributed by atoms with E-state index in [2.05, 4.69) is 21.3 Å². The first-order valence-corrected chi connectivity index (χ1v) is 5.45. The van der Waals surface area contributed by atoms with E-state index in [0.717, 1.165) is 26.1 Å². The maximum Gasteiger partial charge on any atom is 0.358 e. The number of nitriles is 1. The third kappa shape index (κ3) is 2.60. The molecule has 0 radical (unpaired) electrons. The van der Waals surface area contributed by atoms with E-state index in [-0.39, 0.29) is 11.7 Å². The van der Waals surface area contributed by atoms with Crippen molar-refractivity contribution >= 4 is 5.97 Å². The molecule has 1 N–H and O–H groups in total. The average molecular weight is 235 g/mol. The SMILES string of the molecule is N#CCCCN1CC(n2cc(C(=O)O)nn2)C1. The lowest BCUT2D eigenvalue weighted by atomic mass is 10.1. The topological polar surface area (TPSA) is 95.0 Å². The van der Waals surface area contributed by atoms with Gasteiger partial charge in [-0.2, -0.15) is 5.26 Å². The normalized spacial score (nSPS) is 16.4. The van der Waals surface area contributed by atoms with Crippen molar-refractivity contribution in [1.82, 2.24) is 19.9 Å². The monoisotopic (exact) mass is 235 g/mol. The Hall–Kier alpha value is -1.94. The van der Waals surface area contributed by atoms with Crippen molar-refractivity contribution in [3.8, 4) is 6.07 Å². The largest absolute Gasteiger partial charge is 0.476 e. The molecule has 0 aromatic carbocycles. The number of carboxylic acids is 1. The third-order valence-electron chi connectivity index (χ3n) is 2.80. The zero-order chi connectivity index (χ0) is 12.3. The van der Waals surface area contributed by atoms with Gasteiger partial charge in [0.05, 0.1) is 18.3 Å². The summed E-state index contributed by atoms with van der Waals surface area (Å²) < 4.78 is 1.60. The average Bonchev–Trinajstić information content (AvgIpc) is 2.70. The fourth-order valence-corrected chi connectivity index (χ4v) is 1.83. The van der Waals surface area contributed by atoms with Crippen molar-refractivity contribution in [2.75, 3.05) is 19.6 Å². The van der Waals surface area contributed by atoms with E-state index in [1.165, 1.54) is 6.20 Å². The Kier molecular flexibility index (Phi) is 3.35. The number of nitrogens with zero attached hydrogens (tertiary/aromatic N) is 5. The predicted molar refractivity (Wildman–Crippen MR) is 57.3 cm³/mol. The Morgan fingerprint density at radius 2 is 2.41 bits per heavy atom. The van der Waals surface area contributed by atoms with Gasteiger partial charge in [-0.1, -0.05) is 5.21 Å². The van der Waals surface area contributed by atoms with E-state index in [4.69, 9.17) is 10.4 Å². The molecule has 2 rings (SSSR count). The number of hydrogen-bond acceptors (Lipinski definition) is 5. The van der Waals surface area contributed by atoms with Gasteiger partial charge in [0, 0.05) is 19.5 Å². The van der Waals surface area contributed by atoms with Crippen LogP contribution in [-0.2, 0) is 0 Å². The number of hydrogen-bond donors (Lipinski definition) is 1. The summed E-state index contributed by atoms with van der Waals surface area (Å²) in [7, 11) is 0. The molecule has 17 heavy (non-hydrogen) atoms. The second-order valence-electron chi connectivity index (χ2n) is 4.06. The molecule has 1 aliphatic heterocycles. The first kappa shape index (κ1) is 11.5. The zero-order valence-corrected chi connectivity index (χ0v) is 9.28. The number of aromatic nitrogens is 3. The van der Waals surface area contributed by atoms with Gasteiger partial charge < -0.3 is 5.11 Å².